The molecule has 0 aliphatic heterocycles. The van der Waals surface area contributed by atoms with Crippen LogP contribution in [-0.4, -0.2) is 39.2 Å². The van der Waals surface area contributed by atoms with Crippen molar-refractivity contribution in [3.05, 3.63) is 23.8 Å². The molecule has 1 unspecified atom stereocenters. The monoisotopic (exact) mass is 313 g/mol. The summed E-state index contributed by atoms with van der Waals surface area (Å²) in [5.41, 5.74) is 0.430. The minimum Gasteiger partial charge on any atom is -0.493 e. The fourth-order valence-electron chi connectivity index (χ4n) is 1.67. The van der Waals surface area contributed by atoms with Crippen molar-refractivity contribution in [1.82, 2.24) is 5.32 Å². The molecule has 6 heteroatoms. The molecule has 0 radical (unpaired) electrons. The van der Waals surface area contributed by atoms with Crippen LogP contribution >= 0.6 is 0 Å². The van der Waals surface area contributed by atoms with E-state index in [1.165, 1.54) is 21.3 Å². The molecule has 1 atom stereocenters. The number of methoxy groups -OCH3 is 3. The van der Waals surface area contributed by atoms with Crippen LogP contribution in [0.4, 0.5) is 0 Å². The minimum absolute atomic E-state index is 0. The Kier molecular flexibility index (Phi) is 9.41. The zero-order valence-electron chi connectivity index (χ0n) is 14.1. The fraction of sp³-hybridized carbons (Fsp3) is 0.500. The SMILES string of the molecule is CC.COC(=O)CC(C)NC(=O)c1ccc(OC)c(OC)c1.[HH]. The maximum atomic E-state index is 12.0. The van der Waals surface area contributed by atoms with Gasteiger partial charge in [0.2, 0.25) is 0 Å². The first-order valence-corrected chi connectivity index (χ1v) is 7.11. The van der Waals surface area contributed by atoms with E-state index in [1.807, 2.05) is 13.8 Å². The van der Waals surface area contributed by atoms with Crippen molar-refractivity contribution in [3.8, 4) is 11.5 Å². The van der Waals surface area contributed by atoms with Gasteiger partial charge < -0.3 is 19.5 Å². The summed E-state index contributed by atoms with van der Waals surface area (Å²) in [5.74, 6) is 0.361. The first kappa shape index (κ1) is 19.8. The zero-order valence-corrected chi connectivity index (χ0v) is 14.1. The molecule has 0 aliphatic carbocycles. The zero-order chi connectivity index (χ0) is 17.1. The van der Waals surface area contributed by atoms with Crippen molar-refractivity contribution in [1.29, 1.82) is 0 Å². The first-order chi connectivity index (χ1) is 10.5. The van der Waals surface area contributed by atoms with Crippen LogP contribution in [0.5, 0.6) is 11.5 Å². The van der Waals surface area contributed by atoms with E-state index in [9.17, 15) is 9.59 Å². The summed E-state index contributed by atoms with van der Waals surface area (Å²) in [4.78, 5) is 23.1. The van der Waals surface area contributed by atoms with Crippen LogP contribution in [0, 0.1) is 0 Å². The molecule has 1 N–H and O–H groups in total. The molecule has 0 saturated carbocycles. The Bertz CT molecular complexity index is 493. The smallest absolute Gasteiger partial charge is 0.307 e. The van der Waals surface area contributed by atoms with Crippen LogP contribution in [0.3, 0.4) is 0 Å². The largest absolute Gasteiger partial charge is 0.493 e. The molecule has 6 nitrogen and oxygen atoms in total. The number of rotatable bonds is 6. The Morgan fingerprint density at radius 2 is 1.73 bits per heavy atom. The molecule has 0 heterocycles. The predicted octanol–water partition coefficient (Wildman–Crippen LogP) is 2.66. The molecule has 1 rings (SSSR count). The summed E-state index contributed by atoms with van der Waals surface area (Å²) in [6.07, 6.45) is 0.121. The molecule has 22 heavy (non-hydrogen) atoms. The lowest BCUT2D eigenvalue weighted by atomic mass is 10.1. The summed E-state index contributed by atoms with van der Waals surface area (Å²) in [7, 11) is 4.33. The molecule has 0 aliphatic rings. The number of hydrogen-bond acceptors (Lipinski definition) is 5. The second-order valence-corrected chi connectivity index (χ2v) is 4.22. The highest BCUT2D eigenvalue weighted by Crippen LogP contribution is 2.27. The highest BCUT2D eigenvalue weighted by atomic mass is 16.5. The summed E-state index contributed by atoms with van der Waals surface area (Å²) in [6, 6.07) is 4.54. The number of esters is 1. The van der Waals surface area contributed by atoms with E-state index in [4.69, 9.17) is 9.47 Å². The Morgan fingerprint density at radius 1 is 1.14 bits per heavy atom. The summed E-state index contributed by atoms with van der Waals surface area (Å²) >= 11 is 0. The van der Waals surface area contributed by atoms with Crippen LogP contribution in [0.25, 0.3) is 0 Å². The molecule has 0 saturated heterocycles. The predicted molar refractivity (Wildman–Crippen MR) is 86.6 cm³/mol. The number of hydrogen-bond donors (Lipinski definition) is 1. The van der Waals surface area contributed by atoms with Crippen molar-refractivity contribution in [2.45, 2.75) is 33.2 Å². The standard InChI is InChI=1S/C14H19NO5.C2H6.H2/c1-9(7-13(16)20-4)15-14(17)10-5-6-11(18-2)12(8-10)19-3;1-2;/h5-6,8-9H,7H2,1-4H3,(H,15,17);1-2H3;1H. The molecule has 0 spiro atoms. The van der Waals surface area contributed by atoms with E-state index in [1.54, 1.807) is 25.1 Å². The van der Waals surface area contributed by atoms with E-state index in [2.05, 4.69) is 10.1 Å². The van der Waals surface area contributed by atoms with Crippen LogP contribution < -0.4 is 14.8 Å². The van der Waals surface area contributed by atoms with Gasteiger partial charge in [-0.1, -0.05) is 13.8 Å². The van der Waals surface area contributed by atoms with Gasteiger partial charge in [0, 0.05) is 13.0 Å². The third-order valence-corrected chi connectivity index (χ3v) is 2.72. The molecular formula is C16H27NO5. The Balaban J connectivity index is 0. The van der Waals surface area contributed by atoms with Crippen molar-refractivity contribution in [2.75, 3.05) is 21.3 Å². The molecule has 0 fully saturated rings. The number of carbonyl (C=O) groups is 2. The van der Waals surface area contributed by atoms with Gasteiger partial charge in [0.15, 0.2) is 11.5 Å². The van der Waals surface area contributed by atoms with Gasteiger partial charge in [-0.15, -0.1) is 0 Å². The second-order valence-electron chi connectivity index (χ2n) is 4.22. The van der Waals surface area contributed by atoms with Crippen molar-refractivity contribution in [3.63, 3.8) is 0 Å². The van der Waals surface area contributed by atoms with Gasteiger partial charge in [-0.05, 0) is 25.1 Å². The van der Waals surface area contributed by atoms with Gasteiger partial charge in [0.25, 0.3) is 5.91 Å². The van der Waals surface area contributed by atoms with Crippen LogP contribution in [0.15, 0.2) is 18.2 Å². The van der Waals surface area contributed by atoms with Crippen LogP contribution in [0.2, 0.25) is 0 Å². The maximum Gasteiger partial charge on any atom is 0.307 e. The van der Waals surface area contributed by atoms with Gasteiger partial charge in [-0.2, -0.15) is 0 Å². The third kappa shape index (κ3) is 6.03. The highest BCUT2D eigenvalue weighted by molar-refractivity contribution is 5.95. The molecule has 126 valence electrons. The Hall–Kier alpha value is -2.24. The third-order valence-electron chi connectivity index (χ3n) is 2.72. The lowest BCUT2D eigenvalue weighted by molar-refractivity contribution is -0.141. The second kappa shape index (κ2) is 10.5. The van der Waals surface area contributed by atoms with Crippen molar-refractivity contribution >= 4 is 11.9 Å². The van der Waals surface area contributed by atoms with E-state index in [0.717, 1.165) is 0 Å². The number of amides is 1. The summed E-state index contributed by atoms with van der Waals surface area (Å²) in [6.45, 7) is 5.73. The number of nitrogens with one attached hydrogen (secondary N) is 1. The van der Waals surface area contributed by atoms with E-state index < -0.39 is 0 Å². The van der Waals surface area contributed by atoms with Gasteiger partial charge in [0.05, 0.1) is 27.8 Å². The molecule has 1 aromatic rings. The molecule has 1 aromatic carbocycles. The lowest BCUT2D eigenvalue weighted by Crippen LogP contribution is -2.34. The quantitative estimate of drug-likeness (QED) is 0.817. The van der Waals surface area contributed by atoms with Gasteiger partial charge in [-0.25, -0.2) is 0 Å². The number of benzene rings is 1. The maximum absolute atomic E-state index is 12.0. The molecule has 1 amide bonds. The molecular weight excluding hydrogens is 286 g/mol. The fourth-order valence-corrected chi connectivity index (χ4v) is 1.67. The normalized spacial score (nSPS) is 10.6. The van der Waals surface area contributed by atoms with Crippen LogP contribution in [0.1, 0.15) is 39.0 Å². The topological polar surface area (TPSA) is 73.9 Å². The van der Waals surface area contributed by atoms with Gasteiger partial charge in [-0.3, -0.25) is 9.59 Å². The van der Waals surface area contributed by atoms with Gasteiger partial charge >= 0.3 is 5.97 Å². The Labute approximate surface area is 133 Å². The molecule has 0 aromatic heterocycles. The summed E-state index contributed by atoms with van der Waals surface area (Å²) < 4.78 is 14.8. The summed E-state index contributed by atoms with van der Waals surface area (Å²) in [5, 5.41) is 2.71. The highest BCUT2D eigenvalue weighted by Gasteiger charge is 2.15. The van der Waals surface area contributed by atoms with Crippen LogP contribution in [-0.2, 0) is 9.53 Å². The number of ether oxygens (including phenoxy) is 3. The average Bonchev–Trinajstić information content (AvgIpc) is 2.55. The van der Waals surface area contributed by atoms with Crippen molar-refractivity contribution < 1.29 is 25.2 Å². The average molecular weight is 313 g/mol. The first-order valence-electron chi connectivity index (χ1n) is 7.11. The molecule has 0 bridgehead atoms. The van der Waals surface area contributed by atoms with Crippen molar-refractivity contribution in [2.24, 2.45) is 0 Å². The van der Waals surface area contributed by atoms with Gasteiger partial charge in [0.1, 0.15) is 0 Å². The Morgan fingerprint density at radius 3 is 2.23 bits per heavy atom. The lowest BCUT2D eigenvalue weighted by Gasteiger charge is -2.14. The van der Waals surface area contributed by atoms with E-state index >= 15 is 0 Å². The number of carbonyl (C=O) groups excluding carboxylic acids is 2. The van der Waals surface area contributed by atoms with E-state index in [-0.39, 0.29) is 25.8 Å². The minimum atomic E-state index is -0.370. The van der Waals surface area contributed by atoms with E-state index in [0.29, 0.717) is 17.1 Å².